The van der Waals surface area contributed by atoms with Gasteiger partial charge in [0.25, 0.3) is 0 Å². The molecule has 0 bridgehead atoms. The van der Waals surface area contributed by atoms with E-state index in [1.54, 1.807) is 0 Å². The van der Waals surface area contributed by atoms with Crippen LogP contribution in [0, 0.1) is 0 Å². The van der Waals surface area contributed by atoms with Crippen molar-refractivity contribution in [1.82, 2.24) is 15.0 Å². The summed E-state index contributed by atoms with van der Waals surface area (Å²) in [7, 11) is 0. The molecule has 1 aromatic heterocycles. The van der Waals surface area contributed by atoms with E-state index in [1.165, 1.54) is 22.3 Å². The maximum absolute atomic E-state index is 4.94. The molecule has 0 unspecified atom stereocenters. The lowest BCUT2D eigenvalue weighted by molar-refractivity contribution is 1.07. The number of rotatable bonds is 6. The van der Waals surface area contributed by atoms with Crippen LogP contribution in [0.1, 0.15) is 0 Å². The normalized spacial score (nSPS) is 10.9. The highest BCUT2D eigenvalue weighted by molar-refractivity contribution is 5.75. The Hall–Kier alpha value is -5.67. The summed E-state index contributed by atoms with van der Waals surface area (Å²) in [6.45, 7) is 0. The third kappa shape index (κ3) is 5.36. The van der Waals surface area contributed by atoms with Crippen LogP contribution in [0.5, 0.6) is 0 Å². The Labute approximate surface area is 245 Å². The first-order valence-electron chi connectivity index (χ1n) is 14.0. The fraction of sp³-hybridized carbons (Fsp3) is 0. The summed E-state index contributed by atoms with van der Waals surface area (Å²) in [6.07, 6.45) is 0. The van der Waals surface area contributed by atoms with Crippen molar-refractivity contribution in [2.75, 3.05) is 0 Å². The van der Waals surface area contributed by atoms with E-state index in [9.17, 15) is 0 Å². The molecule has 0 saturated heterocycles. The average molecular weight is 538 g/mol. The Kier molecular flexibility index (Phi) is 6.89. The van der Waals surface area contributed by atoms with E-state index in [4.69, 9.17) is 15.0 Å². The minimum absolute atomic E-state index is 0.649. The molecule has 0 N–H and O–H groups in total. The number of benzene rings is 6. The van der Waals surface area contributed by atoms with Crippen LogP contribution in [0.15, 0.2) is 164 Å². The second-order valence-corrected chi connectivity index (χ2v) is 10.1. The largest absolute Gasteiger partial charge is 0.208 e. The van der Waals surface area contributed by atoms with Gasteiger partial charge in [-0.15, -0.1) is 0 Å². The van der Waals surface area contributed by atoms with Gasteiger partial charge in [-0.3, -0.25) is 0 Å². The molecular formula is C39H27N3. The van der Waals surface area contributed by atoms with Gasteiger partial charge in [-0.25, -0.2) is 15.0 Å². The van der Waals surface area contributed by atoms with Gasteiger partial charge in [0, 0.05) is 16.7 Å². The monoisotopic (exact) mass is 537 g/mol. The number of nitrogens with zero attached hydrogens (tertiary/aromatic N) is 3. The van der Waals surface area contributed by atoms with Crippen LogP contribution in [0.3, 0.4) is 0 Å². The summed E-state index contributed by atoms with van der Waals surface area (Å²) in [5.41, 5.74) is 9.91. The zero-order valence-electron chi connectivity index (χ0n) is 22.9. The van der Waals surface area contributed by atoms with Crippen molar-refractivity contribution in [2.24, 2.45) is 0 Å². The second kappa shape index (κ2) is 11.4. The van der Waals surface area contributed by atoms with Crippen molar-refractivity contribution in [3.05, 3.63) is 164 Å². The Morgan fingerprint density at radius 3 is 0.905 bits per heavy atom. The van der Waals surface area contributed by atoms with Crippen molar-refractivity contribution in [3.8, 4) is 67.5 Å². The summed E-state index contributed by atoms with van der Waals surface area (Å²) >= 11 is 0. The fourth-order valence-corrected chi connectivity index (χ4v) is 5.11. The summed E-state index contributed by atoms with van der Waals surface area (Å²) < 4.78 is 0. The van der Waals surface area contributed by atoms with Crippen LogP contribution < -0.4 is 0 Å². The van der Waals surface area contributed by atoms with E-state index in [1.807, 2.05) is 42.5 Å². The number of aromatic nitrogens is 3. The van der Waals surface area contributed by atoms with E-state index in [-0.39, 0.29) is 0 Å². The molecule has 7 aromatic rings. The van der Waals surface area contributed by atoms with Gasteiger partial charge in [0.15, 0.2) is 17.5 Å². The highest BCUT2D eigenvalue weighted by atomic mass is 15.0. The van der Waals surface area contributed by atoms with Gasteiger partial charge < -0.3 is 0 Å². The molecule has 0 spiro atoms. The van der Waals surface area contributed by atoms with Gasteiger partial charge in [-0.2, -0.15) is 0 Å². The van der Waals surface area contributed by atoms with Crippen molar-refractivity contribution in [3.63, 3.8) is 0 Å². The maximum Gasteiger partial charge on any atom is 0.164 e. The highest BCUT2D eigenvalue weighted by Gasteiger charge is 2.13. The first-order chi connectivity index (χ1) is 20.8. The van der Waals surface area contributed by atoms with Crippen molar-refractivity contribution >= 4 is 0 Å². The standard InChI is InChI=1S/C39H27N3/c1-4-11-28(12-5-1)30-19-23-33(24-20-30)38-40-37(32-15-8-3-9-16-32)41-39(42-38)34-25-21-31(22-26-34)36-18-10-17-35(27-36)29-13-6-2-7-14-29/h1-27H. The Bertz CT molecular complexity index is 1930. The predicted molar refractivity (Wildman–Crippen MR) is 172 cm³/mol. The van der Waals surface area contributed by atoms with Crippen molar-refractivity contribution in [2.45, 2.75) is 0 Å². The quantitative estimate of drug-likeness (QED) is 0.212. The molecule has 0 aliphatic rings. The molecule has 0 aliphatic carbocycles. The van der Waals surface area contributed by atoms with Gasteiger partial charge in [0.1, 0.15) is 0 Å². The molecule has 0 saturated carbocycles. The molecule has 0 aliphatic heterocycles. The lowest BCUT2D eigenvalue weighted by Crippen LogP contribution is -2.00. The molecule has 0 atom stereocenters. The second-order valence-electron chi connectivity index (χ2n) is 10.1. The van der Waals surface area contributed by atoms with Gasteiger partial charge in [-0.05, 0) is 39.4 Å². The Morgan fingerprint density at radius 1 is 0.214 bits per heavy atom. The van der Waals surface area contributed by atoms with Crippen LogP contribution in [-0.4, -0.2) is 15.0 Å². The van der Waals surface area contributed by atoms with Crippen LogP contribution in [-0.2, 0) is 0 Å². The molecule has 0 radical (unpaired) electrons. The molecule has 42 heavy (non-hydrogen) atoms. The summed E-state index contributed by atoms with van der Waals surface area (Å²) in [6, 6.07) is 56.4. The maximum atomic E-state index is 4.94. The molecule has 1 heterocycles. The predicted octanol–water partition coefficient (Wildman–Crippen LogP) is 9.87. The van der Waals surface area contributed by atoms with Crippen LogP contribution in [0.25, 0.3) is 67.5 Å². The minimum Gasteiger partial charge on any atom is -0.208 e. The van der Waals surface area contributed by atoms with Crippen LogP contribution in [0.4, 0.5) is 0 Å². The first-order valence-corrected chi connectivity index (χ1v) is 14.0. The van der Waals surface area contributed by atoms with Crippen LogP contribution >= 0.6 is 0 Å². The van der Waals surface area contributed by atoms with Gasteiger partial charge >= 0.3 is 0 Å². The lowest BCUT2D eigenvalue weighted by atomic mass is 9.98. The van der Waals surface area contributed by atoms with Gasteiger partial charge in [0.05, 0.1) is 0 Å². The molecule has 7 rings (SSSR count). The molecule has 6 aromatic carbocycles. The third-order valence-corrected chi connectivity index (χ3v) is 7.36. The SMILES string of the molecule is c1ccc(-c2ccc(-c3nc(-c4ccccc4)nc(-c4ccc(-c5cccc(-c6ccccc6)c5)cc4)n3)cc2)cc1. The molecule has 198 valence electrons. The summed E-state index contributed by atoms with van der Waals surface area (Å²) in [5.74, 6) is 1.95. The zero-order chi connectivity index (χ0) is 28.1. The minimum atomic E-state index is 0.649. The van der Waals surface area contributed by atoms with E-state index in [0.717, 1.165) is 27.8 Å². The smallest absolute Gasteiger partial charge is 0.164 e. The third-order valence-electron chi connectivity index (χ3n) is 7.36. The fourth-order valence-electron chi connectivity index (χ4n) is 5.11. The summed E-state index contributed by atoms with van der Waals surface area (Å²) in [5, 5.41) is 0. The first kappa shape index (κ1) is 25.3. The lowest BCUT2D eigenvalue weighted by Gasteiger charge is -2.10. The van der Waals surface area contributed by atoms with Gasteiger partial charge in [0.2, 0.25) is 0 Å². The van der Waals surface area contributed by atoms with Gasteiger partial charge in [-0.1, -0.05) is 158 Å². The number of hydrogen-bond acceptors (Lipinski definition) is 3. The Balaban J connectivity index is 1.25. The van der Waals surface area contributed by atoms with Crippen molar-refractivity contribution < 1.29 is 0 Å². The summed E-state index contributed by atoms with van der Waals surface area (Å²) in [4.78, 5) is 14.7. The molecule has 3 heteroatoms. The topological polar surface area (TPSA) is 38.7 Å². The van der Waals surface area contributed by atoms with E-state index >= 15 is 0 Å². The zero-order valence-corrected chi connectivity index (χ0v) is 22.9. The molecular weight excluding hydrogens is 510 g/mol. The van der Waals surface area contributed by atoms with E-state index < -0.39 is 0 Å². The molecule has 0 fully saturated rings. The van der Waals surface area contributed by atoms with E-state index in [2.05, 4.69) is 121 Å². The van der Waals surface area contributed by atoms with E-state index in [0.29, 0.717) is 17.5 Å². The molecule has 0 amide bonds. The van der Waals surface area contributed by atoms with Crippen molar-refractivity contribution in [1.29, 1.82) is 0 Å². The average Bonchev–Trinajstić information content (AvgIpc) is 3.09. The molecule has 3 nitrogen and oxygen atoms in total. The Morgan fingerprint density at radius 2 is 0.476 bits per heavy atom. The number of hydrogen-bond donors (Lipinski definition) is 0. The van der Waals surface area contributed by atoms with Crippen LogP contribution in [0.2, 0.25) is 0 Å². The highest BCUT2D eigenvalue weighted by Crippen LogP contribution is 2.30.